The molecule has 0 amide bonds. The molecule has 1 aromatic carbocycles. The van der Waals surface area contributed by atoms with E-state index >= 15 is 0 Å². The third-order valence-corrected chi connectivity index (χ3v) is 4.56. The van der Waals surface area contributed by atoms with Gasteiger partial charge >= 0.3 is 0 Å². The number of fused-ring (bicyclic) bond motifs is 1. The number of halogens is 1. The van der Waals surface area contributed by atoms with Crippen molar-refractivity contribution in [3.05, 3.63) is 45.3 Å². The molecule has 0 fully saturated rings. The monoisotopic (exact) mass is 374 g/mol. The largest absolute Gasteiger partial charge is 0.496 e. The zero-order valence-electron chi connectivity index (χ0n) is 13.9. The van der Waals surface area contributed by atoms with Crippen molar-refractivity contribution >= 4 is 33.0 Å². The van der Waals surface area contributed by atoms with Crippen LogP contribution in [0.15, 0.2) is 22.7 Å². The molecule has 23 heavy (non-hydrogen) atoms. The molecule has 0 saturated heterocycles. The second-order valence-corrected chi connectivity index (χ2v) is 6.47. The lowest BCUT2D eigenvalue weighted by Gasteiger charge is -2.17. The number of rotatable bonds is 3. The van der Waals surface area contributed by atoms with Gasteiger partial charge in [0, 0.05) is 21.4 Å². The molecular weight excluding hydrogens is 356 g/mol. The van der Waals surface area contributed by atoms with Gasteiger partial charge in [0.05, 0.1) is 12.8 Å². The summed E-state index contributed by atoms with van der Waals surface area (Å²) in [4.78, 5) is 4.56. The summed E-state index contributed by atoms with van der Waals surface area (Å²) < 4.78 is 8.24. The molecule has 6 heteroatoms. The van der Waals surface area contributed by atoms with Gasteiger partial charge < -0.3 is 10.1 Å². The fraction of sp³-hybridized carbons (Fsp3) is 0.294. The molecule has 2 heterocycles. The molecule has 0 atom stereocenters. The lowest BCUT2D eigenvalue weighted by Crippen LogP contribution is -2.03. The van der Waals surface area contributed by atoms with Gasteiger partial charge in [0.25, 0.3) is 0 Å². The maximum atomic E-state index is 5.43. The van der Waals surface area contributed by atoms with Crippen LogP contribution in [0, 0.1) is 27.7 Å². The molecule has 0 aliphatic carbocycles. The van der Waals surface area contributed by atoms with E-state index in [1.165, 1.54) is 0 Å². The first-order valence-corrected chi connectivity index (χ1v) is 8.15. The summed E-state index contributed by atoms with van der Waals surface area (Å²) in [5.41, 5.74) is 5.96. The molecule has 3 aromatic rings. The molecule has 2 aromatic heterocycles. The molecule has 0 saturated carbocycles. The Labute approximate surface area is 143 Å². The molecule has 0 radical (unpaired) electrons. The predicted octanol–water partition coefficient (Wildman–Crippen LogP) is 4.48. The number of hydrogen-bond donors (Lipinski definition) is 1. The van der Waals surface area contributed by atoms with Gasteiger partial charge in [-0.3, -0.25) is 0 Å². The zero-order chi connectivity index (χ0) is 16.7. The van der Waals surface area contributed by atoms with Crippen LogP contribution < -0.4 is 10.1 Å². The second-order valence-electron chi connectivity index (χ2n) is 5.61. The average molecular weight is 375 g/mol. The first-order chi connectivity index (χ1) is 10.9. The first kappa shape index (κ1) is 15.8. The van der Waals surface area contributed by atoms with Crippen LogP contribution in [-0.4, -0.2) is 21.7 Å². The highest BCUT2D eigenvalue weighted by molar-refractivity contribution is 9.10. The average Bonchev–Trinajstić information content (AvgIpc) is 2.88. The summed E-state index contributed by atoms with van der Waals surface area (Å²) >= 11 is 3.64. The Kier molecular flexibility index (Phi) is 4.02. The van der Waals surface area contributed by atoms with Crippen LogP contribution in [-0.2, 0) is 0 Å². The molecule has 3 rings (SSSR count). The smallest absolute Gasteiger partial charge is 0.180 e. The molecule has 1 N–H and O–H groups in total. The minimum atomic E-state index is 0.744. The summed E-state index contributed by atoms with van der Waals surface area (Å²) in [6.45, 7) is 8.02. The van der Waals surface area contributed by atoms with Crippen molar-refractivity contribution in [2.24, 2.45) is 0 Å². The van der Waals surface area contributed by atoms with Crippen LogP contribution in [0.2, 0.25) is 0 Å². The third-order valence-electron chi connectivity index (χ3n) is 3.94. The van der Waals surface area contributed by atoms with Crippen LogP contribution in [0.1, 0.15) is 22.6 Å². The van der Waals surface area contributed by atoms with E-state index in [4.69, 9.17) is 4.74 Å². The summed E-state index contributed by atoms with van der Waals surface area (Å²) in [7, 11) is 1.68. The summed E-state index contributed by atoms with van der Waals surface area (Å²) in [5.74, 6) is 1.60. The Hall–Kier alpha value is -2.08. The number of aromatic nitrogens is 3. The van der Waals surface area contributed by atoms with Crippen molar-refractivity contribution in [3.63, 3.8) is 0 Å². The number of nitrogens with one attached hydrogen (secondary N) is 1. The Balaban J connectivity index is 2.20. The first-order valence-electron chi connectivity index (χ1n) is 7.36. The molecule has 0 aliphatic heterocycles. The normalized spacial score (nSPS) is 11.0. The van der Waals surface area contributed by atoms with Gasteiger partial charge in [-0.1, -0.05) is 6.07 Å². The number of hydrogen-bond acceptors (Lipinski definition) is 4. The Morgan fingerprint density at radius 3 is 2.57 bits per heavy atom. The SMILES string of the molecule is COc1ccc(C)c(Nc2c(Br)cc(C)n3nc(C)nc23)c1C. The van der Waals surface area contributed by atoms with E-state index in [1.807, 2.05) is 43.5 Å². The second kappa shape index (κ2) is 5.85. The van der Waals surface area contributed by atoms with Crippen molar-refractivity contribution in [2.75, 3.05) is 12.4 Å². The Bertz CT molecular complexity index is 901. The van der Waals surface area contributed by atoms with Crippen LogP contribution in [0.5, 0.6) is 5.75 Å². The fourth-order valence-corrected chi connectivity index (χ4v) is 3.34. The van der Waals surface area contributed by atoms with Crippen LogP contribution >= 0.6 is 15.9 Å². The summed E-state index contributed by atoms with van der Waals surface area (Å²) in [6, 6.07) is 6.06. The van der Waals surface area contributed by atoms with Crippen molar-refractivity contribution in [1.82, 2.24) is 14.6 Å². The molecule has 5 nitrogen and oxygen atoms in total. The predicted molar refractivity (Wildman–Crippen MR) is 95.9 cm³/mol. The van der Waals surface area contributed by atoms with Gasteiger partial charge in [0.1, 0.15) is 11.6 Å². The van der Waals surface area contributed by atoms with E-state index < -0.39 is 0 Å². The van der Waals surface area contributed by atoms with Crippen molar-refractivity contribution in [3.8, 4) is 5.75 Å². The van der Waals surface area contributed by atoms with E-state index in [-0.39, 0.29) is 0 Å². The van der Waals surface area contributed by atoms with Crippen LogP contribution in [0.25, 0.3) is 5.65 Å². The molecule has 120 valence electrons. The third kappa shape index (κ3) is 2.67. The number of benzene rings is 1. The fourth-order valence-electron chi connectivity index (χ4n) is 2.73. The highest BCUT2D eigenvalue weighted by Crippen LogP contribution is 2.36. The minimum Gasteiger partial charge on any atom is -0.496 e. The number of aryl methyl sites for hydroxylation is 3. The van der Waals surface area contributed by atoms with E-state index in [2.05, 4.69) is 38.3 Å². The van der Waals surface area contributed by atoms with E-state index in [0.717, 1.165) is 49.9 Å². The van der Waals surface area contributed by atoms with Gasteiger partial charge in [-0.25, -0.2) is 9.50 Å². The number of pyridine rings is 1. The minimum absolute atomic E-state index is 0.744. The van der Waals surface area contributed by atoms with Gasteiger partial charge in [-0.2, -0.15) is 5.10 Å². The van der Waals surface area contributed by atoms with Gasteiger partial charge in [0.2, 0.25) is 0 Å². The lowest BCUT2D eigenvalue weighted by molar-refractivity contribution is 0.412. The Morgan fingerprint density at radius 2 is 1.87 bits per heavy atom. The molecule has 0 spiro atoms. The summed E-state index contributed by atoms with van der Waals surface area (Å²) in [5, 5.41) is 7.97. The number of ether oxygens (including phenoxy) is 1. The quantitative estimate of drug-likeness (QED) is 0.734. The van der Waals surface area contributed by atoms with E-state index in [9.17, 15) is 0 Å². The Morgan fingerprint density at radius 1 is 1.13 bits per heavy atom. The van der Waals surface area contributed by atoms with Gasteiger partial charge in [0.15, 0.2) is 5.65 Å². The maximum absolute atomic E-state index is 5.43. The standard InChI is InChI=1S/C17H19BrN4O/c1-9-6-7-14(23-5)11(3)15(9)20-16-13(18)8-10(2)22-17(16)19-12(4)21-22/h6-8,20H,1-5H3. The van der Waals surface area contributed by atoms with E-state index in [1.54, 1.807) is 7.11 Å². The van der Waals surface area contributed by atoms with Gasteiger partial charge in [-0.15, -0.1) is 0 Å². The highest BCUT2D eigenvalue weighted by Gasteiger charge is 2.16. The van der Waals surface area contributed by atoms with Crippen molar-refractivity contribution in [2.45, 2.75) is 27.7 Å². The molecular formula is C17H19BrN4O. The van der Waals surface area contributed by atoms with Crippen LogP contribution in [0.3, 0.4) is 0 Å². The van der Waals surface area contributed by atoms with Crippen LogP contribution in [0.4, 0.5) is 11.4 Å². The molecule has 0 aliphatic rings. The highest BCUT2D eigenvalue weighted by atomic mass is 79.9. The zero-order valence-corrected chi connectivity index (χ0v) is 15.4. The lowest BCUT2D eigenvalue weighted by atomic mass is 10.1. The number of anilines is 2. The number of nitrogens with zero attached hydrogens (tertiary/aromatic N) is 3. The van der Waals surface area contributed by atoms with Gasteiger partial charge in [-0.05, 0) is 61.3 Å². The van der Waals surface area contributed by atoms with E-state index in [0.29, 0.717) is 0 Å². The summed E-state index contributed by atoms with van der Waals surface area (Å²) in [6.07, 6.45) is 0. The van der Waals surface area contributed by atoms with Crippen molar-refractivity contribution in [1.29, 1.82) is 0 Å². The van der Waals surface area contributed by atoms with Crippen molar-refractivity contribution < 1.29 is 4.74 Å². The molecule has 0 bridgehead atoms. The molecule has 0 unspecified atom stereocenters. The maximum Gasteiger partial charge on any atom is 0.180 e. The number of methoxy groups -OCH3 is 1. The topological polar surface area (TPSA) is 51.5 Å².